The molecule has 0 saturated carbocycles. The summed E-state index contributed by atoms with van der Waals surface area (Å²) in [6.45, 7) is 2.57. The van der Waals surface area contributed by atoms with Gasteiger partial charge in [0.05, 0.1) is 22.2 Å². The highest BCUT2D eigenvalue weighted by Crippen LogP contribution is 2.40. The fourth-order valence-electron chi connectivity index (χ4n) is 3.00. The molecule has 9 heteroatoms. The van der Waals surface area contributed by atoms with Gasteiger partial charge in [-0.2, -0.15) is 26.3 Å². The van der Waals surface area contributed by atoms with Gasteiger partial charge in [-0.25, -0.2) is 0 Å². The molecular formula is C24H19F6NOS. The molecule has 0 bridgehead atoms. The number of para-hydroxylation sites is 1. The molecule has 0 fully saturated rings. The quantitative estimate of drug-likeness (QED) is 0.375. The van der Waals surface area contributed by atoms with Crippen molar-refractivity contribution in [2.24, 2.45) is 0 Å². The first-order valence-corrected chi connectivity index (χ1v) is 10.5. The molecule has 3 aromatic carbocycles. The maximum absolute atomic E-state index is 13.3. The molecule has 33 heavy (non-hydrogen) atoms. The van der Waals surface area contributed by atoms with Gasteiger partial charge in [0, 0.05) is 9.79 Å². The zero-order valence-corrected chi connectivity index (χ0v) is 18.3. The van der Waals surface area contributed by atoms with E-state index in [1.165, 1.54) is 25.6 Å². The Balaban J connectivity index is 1.95. The van der Waals surface area contributed by atoms with Crippen LogP contribution in [-0.4, -0.2) is 5.91 Å². The largest absolute Gasteiger partial charge is 0.416 e. The fourth-order valence-corrected chi connectivity index (χ4v) is 3.92. The monoisotopic (exact) mass is 483 g/mol. The molecule has 0 aliphatic carbocycles. The molecule has 0 heterocycles. The number of carbonyl (C=O) groups is 1. The molecule has 0 aromatic heterocycles. The number of hydrogen-bond donors (Lipinski definition) is 1. The molecule has 3 rings (SSSR count). The lowest BCUT2D eigenvalue weighted by Crippen LogP contribution is -2.35. The van der Waals surface area contributed by atoms with Crippen LogP contribution < -0.4 is 5.32 Å². The van der Waals surface area contributed by atoms with Crippen molar-refractivity contribution in [1.29, 1.82) is 0 Å². The SMILES string of the molecule is CC(C)(C(=O)Nc1ccccc1Sc1ccccc1)c1cc(C(F)(F)F)cc(C(F)(F)F)c1. The van der Waals surface area contributed by atoms with E-state index in [9.17, 15) is 31.1 Å². The second-order valence-corrected chi connectivity index (χ2v) is 8.90. The Hall–Kier alpha value is -2.94. The second kappa shape index (κ2) is 9.13. The van der Waals surface area contributed by atoms with Gasteiger partial charge in [-0.3, -0.25) is 4.79 Å². The molecular weight excluding hydrogens is 464 g/mol. The number of amides is 1. The van der Waals surface area contributed by atoms with Crippen molar-refractivity contribution < 1.29 is 31.1 Å². The number of nitrogens with one attached hydrogen (secondary N) is 1. The summed E-state index contributed by atoms with van der Waals surface area (Å²) in [5.74, 6) is -0.740. The van der Waals surface area contributed by atoms with Crippen LogP contribution >= 0.6 is 11.8 Å². The zero-order chi connectivity index (χ0) is 24.4. The summed E-state index contributed by atoms with van der Waals surface area (Å²) in [6.07, 6.45) is -10.00. The molecule has 0 spiro atoms. The third-order valence-corrected chi connectivity index (χ3v) is 6.07. The van der Waals surface area contributed by atoms with Crippen LogP contribution in [0.4, 0.5) is 32.0 Å². The second-order valence-electron chi connectivity index (χ2n) is 7.78. The Morgan fingerprint density at radius 1 is 0.727 bits per heavy atom. The summed E-state index contributed by atoms with van der Waals surface area (Å²) in [5, 5.41) is 2.66. The van der Waals surface area contributed by atoms with Crippen LogP contribution in [0.25, 0.3) is 0 Å². The molecule has 2 nitrogen and oxygen atoms in total. The number of halogens is 6. The summed E-state index contributed by atoms with van der Waals surface area (Å²) in [5.41, 5.74) is -4.62. The lowest BCUT2D eigenvalue weighted by Gasteiger charge is -2.27. The first-order valence-electron chi connectivity index (χ1n) is 9.72. The Bertz CT molecular complexity index is 1110. The fraction of sp³-hybridized carbons (Fsp3) is 0.208. The average Bonchev–Trinajstić information content (AvgIpc) is 2.74. The molecule has 3 aromatic rings. The standard InChI is InChI=1S/C24H19F6NOS/c1-22(2,15-12-16(23(25,26)27)14-17(13-15)24(28,29)30)21(32)31-19-10-6-7-11-20(19)33-18-8-4-3-5-9-18/h3-14H,1-2H3,(H,31,32). The summed E-state index contributed by atoms with van der Waals surface area (Å²) < 4.78 is 79.6. The van der Waals surface area contributed by atoms with Gasteiger partial charge in [-0.15, -0.1) is 0 Å². The zero-order valence-electron chi connectivity index (χ0n) is 17.5. The van der Waals surface area contributed by atoms with Crippen LogP contribution in [0.15, 0.2) is 82.6 Å². The Morgan fingerprint density at radius 2 is 1.21 bits per heavy atom. The van der Waals surface area contributed by atoms with Gasteiger partial charge < -0.3 is 5.32 Å². The van der Waals surface area contributed by atoms with E-state index in [0.717, 1.165) is 4.90 Å². The molecule has 0 aliphatic rings. The minimum absolute atomic E-state index is 0.0449. The van der Waals surface area contributed by atoms with Gasteiger partial charge in [0.15, 0.2) is 0 Å². The lowest BCUT2D eigenvalue weighted by atomic mass is 9.81. The van der Waals surface area contributed by atoms with Crippen LogP contribution in [0.2, 0.25) is 0 Å². The van der Waals surface area contributed by atoms with Crippen LogP contribution in [0.5, 0.6) is 0 Å². The van der Waals surface area contributed by atoms with E-state index < -0.39 is 40.4 Å². The molecule has 0 atom stereocenters. The molecule has 1 amide bonds. The molecule has 0 saturated heterocycles. The molecule has 0 unspecified atom stereocenters. The first kappa shape index (κ1) is 24.7. The van der Waals surface area contributed by atoms with Crippen LogP contribution in [0.3, 0.4) is 0 Å². The van der Waals surface area contributed by atoms with E-state index in [2.05, 4.69) is 5.32 Å². The number of carbonyl (C=O) groups excluding carboxylic acids is 1. The molecule has 1 N–H and O–H groups in total. The summed E-state index contributed by atoms with van der Waals surface area (Å²) >= 11 is 1.36. The van der Waals surface area contributed by atoms with Crippen molar-refractivity contribution in [1.82, 2.24) is 0 Å². The van der Waals surface area contributed by atoms with Crippen LogP contribution in [0, 0.1) is 0 Å². The molecule has 174 valence electrons. The predicted octanol–water partition coefficient (Wildman–Crippen LogP) is 7.79. The Morgan fingerprint density at radius 3 is 1.76 bits per heavy atom. The number of alkyl halides is 6. The van der Waals surface area contributed by atoms with Crippen molar-refractivity contribution in [3.8, 4) is 0 Å². The Kier molecular flexibility index (Phi) is 6.83. The van der Waals surface area contributed by atoms with E-state index in [0.29, 0.717) is 22.7 Å². The lowest BCUT2D eigenvalue weighted by molar-refractivity contribution is -0.143. The highest BCUT2D eigenvalue weighted by atomic mass is 32.2. The van der Waals surface area contributed by atoms with Gasteiger partial charge in [0.2, 0.25) is 5.91 Å². The Labute approximate surface area is 191 Å². The number of rotatable bonds is 5. The number of hydrogen-bond acceptors (Lipinski definition) is 2. The van der Waals surface area contributed by atoms with Gasteiger partial charge in [-0.05, 0) is 61.9 Å². The molecule has 0 radical (unpaired) electrons. The van der Waals surface area contributed by atoms with Gasteiger partial charge in [-0.1, -0.05) is 42.1 Å². The summed E-state index contributed by atoms with van der Waals surface area (Å²) in [7, 11) is 0. The summed E-state index contributed by atoms with van der Waals surface area (Å²) in [6, 6.07) is 17.3. The van der Waals surface area contributed by atoms with Crippen molar-refractivity contribution >= 4 is 23.4 Å². The minimum atomic E-state index is -5.00. The van der Waals surface area contributed by atoms with Crippen molar-refractivity contribution in [3.63, 3.8) is 0 Å². The van der Waals surface area contributed by atoms with Crippen molar-refractivity contribution in [2.45, 2.75) is 41.4 Å². The van der Waals surface area contributed by atoms with E-state index in [1.807, 2.05) is 30.3 Å². The van der Waals surface area contributed by atoms with Gasteiger partial charge in [0.1, 0.15) is 0 Å². The third-order valence-electron chi connectivity index (χ3n) is 4.98. The smallest absolute Gasteiger partial charge is 0.324 e. The normalized spacial score (nSPS) is 12.5. The van der Waals surface area contributed by atoms with Gasteiger partial charge >= 0.3 is 12.4 Å². The van der Waals surface area contributed by atoms with Crippen LogP contribution in [0.1, 0.15) is 30.5 Å². The van der Waals surface area contributed by atoms with E-state index in [1.54, 1.807) is 24.3 Å². The van der Waals surface area contributed by atoms with Crippen molar-refractivity contribution in [3.05, 3.63) is 89.5 Å². The number of anilines is 1. The van der Waals surface area contributed by atoms with E-state index in [-0.39, 0.29) is 6.07 Å². The maximum atomic E-state index is 13.3. The topological polar surface area (TPSA) is 29.1 Å². The summed E-state index contributed by atoms with van der Waals surface area (Å²) in [4.78, 5) is 14.6. The van der Waals surface area contributed by atoms with E-state index >= 15 is 0 Å². The first-order chi connectivity index (χ1) is 15.3. The number of benzene rings is 3. The highest BCUT2D eigenvalue weighted by molar-refractivity contribution is 7.99. The van der Waals surface area contributed by atoms with Gasteiger partial charge in [0.25, 0.3) is 0 Å². The maximum Gasteiger partial charge on any atom is 0.416 e. The van der Waals surface area contributed by atoms with Crippen molar-refractivity contribution in [2.75, 3.05) is 5.32 Å². The van der Waals surface area contributed by atoms with Crippen LogP contribution in [-0.2, 0) is 22.6 Å². The highest BCUT2D eigenvalue weighted by Gasteiger charge is 2.40. The average molecular weight is 483 g/mol. The minimum Gasteiger partial charge on any atom is -0.324 e. The third kappa shape index (κ3) is 5.90. The van der Waals surface area contributed by atoms with E-state index in [4.69, 9.17) is 0 Å². The molecule has 0 aliphatic heterocycles. The predicted molar refractivity (Wildman–Crippen MR) is 115 cm³/mol.